The Kier molecular flexibility index (Phi) is 5.05. The third kappa shape index (κ3) is 3.45. The highest BCUT2D eigenvalue weighted by molar-refractivity contribution is 5.98. The fraction of sp³-hybridized carbons (Fsp3) is 0.125. The van der Waals surface area contributed by atoms with E-state index in [0.717, 1.165) is 11.6 Å². The van der Waals surface area contributed by atoms with Crippen LogP contribution in [-0.4, -0.2) is 34.6 Å². The molecule has 0 radical (unpaired) electrons. The molecule has 0 aliphatic carbocycles. The molecule has 9 nitrogen and oxygen atoms in total. The lowest BCUT2D eigenvalue weighted by molar-refractivity contribution is 0.469. The van der Waals surface area contributed by atoms with Gasteiger partial charge >= 0.3 is 0 Å². The van der Waals surface area contributed by atoms with E-state index in [1.54, 1.807) is 17.9 Å². The minimum absolute atomic E-state index is 0.160. The Labute approximate surface area is 193 Å². The highest BCUT2D eigenvalue weighted by atomic mass is 19.1. The van der Waals surface area contributed by atoms with Gasteiger partial charge in [-0.05, 0) is 24.6 Å². The van der Waals surface area contributed by atoms with Crippen molar-refractivity contribution in [1.82, 2.24) is 29.5 Å². The molecule has 3 N–H and O–H groups in total. The van der Waals surface area contributed by atoms with Crippen molar-refractivity contribution in [2.45, 2.75) is 13.0 Å². The Morgan fingerprint density at radius 1 is 1.09 bits per heavy atom. The Bertz CT molecular complexity index is 1570. The van der Waals surface area contributed by atoms with Crippen molar-refractivity contribution in [2.24, 2.45) is 7.05 Å². The van der Waals surface area contributed by atoms with E-state index < -0.39 is 11.9 Å². The van der Waals surface area contributed by atoms with E-state index in [1.807, 2.05) is 37.3 Å². The highest BCUT2D eigenvalue weighted by Gasteiger charge is 2.25. The lowest BCUT2D eigenvalue weighted by atomic mass is 9.98. The van der Waals surface area contributed by atoms with Crippen molar-refractivity contribution in [1.29, 1.82) is 0 Å². The van der Waals surface area contributed by atoms with Gasteiger partial charge in [0.1, 0.15) is 29.4 Å². The van der Waals surface area contributed by atoms with Crippen LogP contribution in [0.4, 0.5) is 10.2 Å². The summed E-state index contributed by atoms with van der Waals surface area (Å²) in [5.41, 5.74) is 8.80. The third-order valence-electron chi connectivity index (χ3n) is 5.72. The topological polar surface area (TPSA) is 125 Å². The van der Waals surface area contributed by atoms with Crippen LogP contribution < -0.4 is 11.3 Å². The van der Waals surface area contributed by atoms with Crippen LogP contribution in [0.15, 0.2) is 65.8 Å². The molecule has 0 saturated heterocycles. The van der Waals surface area contributed by atoms with Crippen molar-refractivity contribution in [2.75, 3.05) is 5.73 Å². The van der Waals surface area contributed by atoms with Gasteiger partial charge in [-0.2, -0.15) is 10.2 Å². The van der Waals surface area contributed by atoms with Gasteiger partial charge in [-0.15, -0.1) is 0 Å². The first-order chi connectivity index (χ1) is 16.3. The molecule has 0 spiro atoms. The number of anilines is 1. The van der Waals surface area contributed by atoms with Crippen molar-refractivity contribution < 1.29 is 9.50 Å². The number of phenols is 1. The summed E-state index contributed by atoms with van der Waals surface area (Å²) in [6.45, 7) is 1.86. The Balaban J connectivity index is 1.77. The summed E-state index contributed by atoms with van der Waals surface area (Å²) in [4.78, 5) is 21.5. The number of halogens is 1. The van der Waals surface area contributed by atoms with E-state index in [2.05, 4.69) is 20.2 Å². The van der Waals surface area contributed by atoms with Gasteiger partial charge in [-0.1, -0.05) is 30.3 Å². The zero-order valence-corrected chi connectivity index (χ0v) is 18.3. The van der Waals surface area contributed by atoms with Crippen molar-refractivity contribution >= 4 is 16.9 Å². The predicted molar refractivity (Wildman–Crippen MR) is 126 cm³/mol. The first-order valence-corrected chi connectivity index (χ1v) is 10.5. The number of aromatic hydroxyl groups is 1. The van der Waals surface area contributed by atoms with Gasteiger partial charge in [0.15, 0.2) is 5.65 Å². The molecule has 0 amide bonds. The zero-order chi connectivity index (χ0) is 24.0. The van der Waals surface area contributed by atoms with E-state index in [-0.39, 0.29) is 17.1 Å². The van der Waals surface area contributed by atoms with Crippen LogP contribution in [0.25, 0.3) is 33.4 Å². The van der Waals surface area contributed by atoms with Gasteiger partial charge in [0.2, 0.25) is 0 Å². The smallest absolute Gasteiger partial charge is 0.274 e. The maximum Gasteiger partial charge on any atom is 0.274 e. The van der Waals surface area contributed by atoms with E-state index in [0.29, 0.717) is 33.4 Å². The number of phenolic OH excluding ortho intramolecular Hbond substituents is 1. The number of hydrogen-bond acceptors (Lipinski definition) is 7. The maximum absolute atomic E-state index is 14.1. The molecule has 0 bridgehead atoms. The molecule has 1 atom stereocenters. The van der Waals surface area contributed by atoms with Gasteiger partial charge in [-0.3, -0.25) is 4.79 Å². The lowest BCUT2D eigenvalue weighted by Crippen LogP contribution is -2.25. The molecule has 0 aliphatic heterocycles. The maximum atomic E-state index is 14.1. The Morgan fingerprint density at radius 3 is 2.59 bits per heavy atom. The number of fused-ring (bicyclic) bond motifs is 1. The summed E-state index contributed by atoms with van der Waals surface area (Å²) in [6, 6.07) is 12.4. The molecule has 10 heteroatoms. The number of aryl methyl sites for hydroxylation is 1. The number of hydrogen-bond donors (Lipinski definition) is 2. The van der Waals surface area contributed by atoms with Gasteiger partial charge in [0.25, 0.3) is 5.56 Å². The molecule has 170 valence electrons. The van der Waals surface area contributed by atoms with Crippen LogP contribution in [0.3, 0.4) is 0 Å². The molecule has 5 aromatic rings. The molecule has 3 heterocycles. The largest absolute Gasteiger partial charge is 0.508 e. The van der Waals surface area contributed by atoms with Gasteiger partial charge < -0.3 is 10.8 Å². The van der Waals surface area contributed by atoms with E-state index in [9.17, 15) is 14.3 Å². The first-order valence-electron chi connectivity index (χ1n) is 10.5. The van der Waals surface area contributed by atoms with E-state index in [4.69, 9.17) is 5.73 Å². The Hall–Kier alpha value is -4.60. The SMILES string of the molecule is CC(c1cnn(C)c(=O)c1-c1ccccc1)n1nc(-c2cc(O)cc(F)c2)c2c(N)ncnc21. The van der Waals surface area contributed by atoms with Crippen LogP contribution >= 0.6 is 0 Å². The molecule has 2 aromatic carbocycles. The van der Waals surface area contributed by atoms with E-state index >= 15 is 0 Å². The summed E-state index contributed by atoms with van der Waals surface area (Å²) in [5, 5.41) is 19.2. The average Bonchev–Trinajstić information content (AvgIpc) is 3.21. The predicted octanol–water partition coefficient (Wildman–Crippen LogP) is 3.29. The molecule has 34 heavy (non-hydrogen) atoms. The number of rotatable bonds is 4. The fourth-order valence-electron chi connectivity index (χ4n) is 4.07. The molecule has 3 aromatic heterocycles. The van der Waals surface area contributed by atoms with Crippen LogP contribution in [0.1, 0.15) is 18.5 Å². The molecule has 5 rings (SSSR count). The van der Waals surface area contributed by atoms with Crippen LogP contribution in [-0.2, 0) is 7.05 Å². The minimum atomic E-state index is -0.622. The molecular weight excluding hydrogens is 437 g/mol. The summed E-state index contributed by atoms with van der Waals surface area (Å²) in [5.74, 6) is -0.709. The summed E-state index contributed by atoms with van der Waals surface area (Å²) < 4.78 is 16.9. The first kappa shape index (κ1) is 21.3. The summed E-state index contributed by atoms with van der Waals surface area (Å²) in [6.07, 6.45) is 2.94. The monoisotopic (exact) mass is 457 g/mol. The van der Waals surface area contributed by atoms with Crippen LogP contribution in [0, 0.1) is 5.82 Å². The third-order valence-corrected chi connectivity index (χ3v) is 5.72. The van der Waals surface area contributed by atoms with Gasteiger partial charge in [-0.25, -0.2) is 23.7 Å². The Morgan fingerprint density at radius 2 is 1.85 bits per heavy atom. The standard InChI is InChI=1S/C24H20FN7O2/c1-13(18-11-29-31(2)24(34)19(18)14-6-4-3-5-7-14)32-23-20(22(26)27-12-28-23)21(30-32)15-8-16(25)10-17(33)9-15/h3-13,33H,1-2H3,(H2,26,27,28). The number of aromatic nitrogens is 6. The quantitative estimate of drug-likeness (QED) is 0.424. The van der Waals surface area contributed by atoms with Crippen molar-refractivity contribution in [3.05, 3.63) is 82.8 Å². The second-order valence-electron chi connectivity index (χ2n) is 7.89. The van der Waals surface area contributed by atoms with Crippen molar-refractivity contribution in [3.63, 3.8) is 0 Å². The second-order valence-corrected chi connectivity index (χ2v) is 7.89. The normalized spacial score (nSPS) is 12.2. The number of nitrogen functional groups attached to an aromatic ring is 1. The molecule has 0 fully saturated rings. The molecule has 1 unspecified atom stereocenters. The number of nitrogens with two attached hydrogens (primary N) is 1. The average molecular weight is 457 g/mol. The molecule has 0 saturated carbocycles. The summed E-state index contributed by atoms with van der Waals surface area (Å²) >= 11 is 0. The zero-order valence-electron chi connectivity index (χ0n) is 18.3. The minimum Gasteiger partial charge on any atom is -0.508 e. The summed E-state index contributed by atoms with van der Waals surface area (Å²) in [7, 11) is 1.59. The molecular formula is C24H20FN7O2. The highest BCUT2D eigenvalue weighted by Crippen LogP contribution is 2.35. The van der Waals surface area contributed by atoms with Crippen LogP contribution in [0.5, 0.6) is 5.75 Å². The second kappa shape index (κ2) is 8.07. The fourth-order valence-corrected chi connectivity index (χ4v) is 4.07. The number of benzene rings is 2. The molecule has 0 aliphatic rings. The van der Waals surface area contributed by atoms with Gasteiger partial charge in [0.05, 0.1) is 23.2 Å². The van der Waals surface area contributed by atoms with Crippen LogP contribution in [0.2, 0.25) is 0 Å². The lowest BCUT2D eigenvalue weighted by Gasteiger charge is -2.17. The van der Waals surface area contributed by atoms with Gasteiger partial charge in [0, 0.05) is 24.2 Å². The number of nitrogens with zero attached hydrogens (tertiary/aromatic N) is 6. The van der Waals surface area contributed by atoms with Crippen molar-refractivity contribution in [3.8, 4) is 28.1 Å². The van der Waals surface area contributed by atoms with E-state index in [1.165, 1.54) is 23.1 Å².